The van der Waals surface area contributed by atoms with E-state index in [0.29, 0.717) is 23.6 Å². The second kappa shape index (κ2) is 6.83. The first-order chi connectivity index (χ1) is 11.7. The van der Waals surface area contributed by atoms with Gasteiger partial charge in [-0.25, -0.2) is 0 Å². The molecule has 0 fully saturated rings. The molecule has 1 unspecified atom stereocenters. The van der Waals surface area contributed by atoms with E-state index < -0.39 is 0 Å². The number of hydrogen-bond acceptors (Lipinski definition) is 4. The van der Waals surface area contributed by atoms with Crippen LogP contribution >= 0.6 is 0 Å². The normalized spacial score (nSPS) is 16.1. The van der Waals surface area contributed by atoms with Crippen LogP contribution in [0.3, 0.4) is 0 Å². The Bertz CT molecular complexity index is 744. The van der Waals surface area contributed by atoms with Gasteiger partial charge in [0.25, 0.3) is 5.91 Å². The van der Waals surface area contributed by atoms with Gasteiger partial charge in [0.2, 0.25) is 0 Å². The third kappa shape index (κ3) is 2.89. The molecule has 1 heterocycles. The van der Waals surface area contributed by atoms with E-state index in [1.807, 2.05) is 24.3 Å². The van der Waals surface area contributed by atoms with Gasteiger partial charge in [0, 0.05) is 5.56 Å². The summed E-state index contributed by atoms with van der Waals surface area (Å²) in [6.45, 7) is 2.58. The van der Waals surface area contributed by atoms with Crippen molar-refractivity contribution in [3.05, 3.63) is 48.0 Å². The van der Waals surface area contributed by atoms with Crippen LogP contribution in [-0.2, 0) is 0 Å². The average Bonchev–Trinajstić information content (AvgIpc) is 2.65. The van der Waals surface area contributed by atoms with Crippen LogP contribution in [-0.4, -0.2) is 32.8 Å². The number of methoxy groups -OCH3 is 2. The van der Waals surface area contributed by atoms with Gasteiger partial charge in [0.05, 0.1) is 26.5 Å². The number of anilines is 1. The van der Waals surface area contributed by atoms with E-state index in [0.717, 1.165) is 17.9 Å². The Morgan fingerprint density at radius 3 is 2.62 bits per heavy atom. The molecule has 0 spiro atoms. The van der Waals surface area contributed by atoms with E-state index in [1.165, 1.54) is 0 Å². The van der Waals surface area contributed by atoms with Gasteiger partial charge in [-0.15, -0.1) is 0 Å². The smallest absolute Gasteiger partial charge is 0.258 e. The number of rotatable bonds is 4. The number of hydrogen-bond donors (Lipinski definition) is 0. The van der Waals surface area contributed by atoms with Crippen molar-refractivity contribution in [1.29, 1.82) is 0 Å². The van der Waals surface area contributed by atoms with Crippen LogP contribution in [0.1, 0.15) is 23.7 Å². The molecule has 24 heavy (non-hydrogen) atoms. The summed E-state index contributed by atoms with van der Waals surface area (Å²) in [5, 5.41) is 0. The van der Waals surface area contributed by atoms with E-state index >= 15 is 0 Å². The minimum atomic E-state index is -0.0786. The number of benzene rings is 2. The lowest BCUT2D eigenvalue weighted by molar-refractivity contribution is 0.0954. The standard InChI is InChI=1S/C19H21NO4/c1-4-14-12-20(15-7-5-6-8-16(15)24-14)19(21)13-9-10-17(22-2)18(11-13)23-3/h5-11,14H,4,12H2,1-3H3. The van der Waals surface area contributed by atoms with Crippen molar-refractivity contribution in [3.63, 3.8) is 0 Å². The first-order valence-corrected chi connectivity index (χ1v) is 7.97. The van der Waals surface area contributed by atoms with Crippen molar-refractivity contribution in [3.8, 4) is 17.2 Å². The first kappa shape index (κ1) is 16.2. The number of nitrogens with zero attached hydrogens (tertiary/aromatic N) is 1. The zero-order valence-electron chi connectivity index (χ0n) is 14.1. The number of para-hydroxylation sites is 2. The maximum absolute atomic E-state index is 13.1. The predicted octanol–water partition coefficient (Wildman–Crippen LogP) is 3.52. The highest BCUT2D eigenvalue weighted by Crippen LogP contribution is 2.35. The Balaban J connectivity index is 1.97. The summed E-state index contributed by atoms with van der Waals surface area (Å²) < 4.78 is 16.5. The topological polar surface area (TPSA) is 48.0 Å². The highest BCUT2D eigenvalue weighted by molar-refractivity contribution is 6.07. The molecule has 2 aromatic rings. The second-order valence-corrected chi connectivity index (χ2v) is 5.60. The Morgan fingerprint density at radius 1 is 1.17 bits per heavy atom. The lowest BCUT2D eigenvalue weighted by Gasteiger charge is -2.34. The Labute approximate surface area is 141 Å². The molecule has 3 rings (SSSR count). The quantitative estimate of drug-likeness (QED) is 0.862. The van der Waals surface area contributed by atoms with Crippen molar-refractivity contribution in [2.24, 2.45) is 0 Å². The molecule has 1 aliphatic rings. The summed E-state index contributed by atoms with van der Waals surface area (Å²) in [7, 11) is 3.13. The Morgan fingerprint density at radius 2 is 1.92 bits per heavy atom. The summed E-state index contributed by atoms with van der Waals surface area (Å²) in [5.41, 5.74) is 1.35. The lowest BCUT2D eigenvalue weighted by Crippen LogP contribution is -2.43. The molecule has 126 valence electrons. The molecule has 0 saturated heterocycles. The fourth-order valence-corrected chi connectivity index (χ4v) is 2.83. The monoisotopic (exact) mass is 327 g/mol. The van der Waals surface area contributed by atoms with Crippen LogP contribution in [0.15, 0.2) is 42.5 Å². The molecule has 1 amide bonds. The fraction of sp³-hybridized carbons (Fsp3) is 0.316. The van der Waals surface area contributed by atoms with Crippen LogP contribution in [0, 0.1) is 0 Å². The number of ether oxygens (including phenoxy) is 3. The van der Waals surface area contributed by atoms with Gasteiger partial charge < -0.3 is 19.1 Å². The van der Waals surface area contributed by atoms with E-state index in [-0.39, 0.29) is 12.0 Å². The molecular formula is C19H21NO4. The number of carbonyl (C=O) groups excluding carboxylic acids is 1. The van der Waals surface area contributed by atoms with Gasteiger partial charge >= 0.3 is 0 Å². The van der Waals surface area contributed by atoms with Gasteiger partial charge in [0.1, 0.15) is 11.9 Å². The molecular weight excluding hydrogens is 306 g/mol. The SMILES string of the molecule is CCC1CN(C(=O)c2ccc(OC)c(OC)c2)c2ccccc2O1. The lowest BCUT2D eigenvalue weighted by atomic mass is 10.1. The zero-order valence-corrected chi connectivity index (χ0v) is 14.1. The fourth-order valence-electron chi connectivity index (χ4n) is 2.83. The zero-order chi connectivity index (χ0) is 17.1. The molecule has 0 N–H and O–H groups in total. The molecule has 5 nitrogen and oxygen atoms in total. The van der Waals surface area contributed by atoms with E-state index in [1.54, 1.807) is 37.3 Å². The number of carbonyl (C=O) groups is 1. The minimum Gasteiger partial charge on any atom is -0.493 e. The van der Waals surface area contributed by atoms with Gasteiger partial charge in [-0.1, -0.05) is 19.1 Å². The summed E-state index contributed by atoms with van der Waals surface area (Å²) in [6, 6.07) is 12.8. The molecule has 5 heteroatoms. The van der Waals surface area contributed by atoms with E-state index in [4.69, 9.17) is 14.2 Å². The maximum atomic E-state index is 13.1. The van der Waals surface area contributed by atoms with Crippen LogP contribution in [0.5, 0.6) is 17.2 Å². The maximum Gasteiger partial charge on any atom is 0.258 e. The molecule has 0 aromatic heterocycles. The summed E-state index contributed by atoms with van der Waals surface area (Å²) in [4.78, 5) is 14.8. The Kier molecular flexibility index (Phi) is 4.60. The number of amides is 1. The number of fused-ring (bicyclic) bond motifs is 1. The third-order valence-corrected chi connectivity index (χ3v) is 4.17. The highest BCUT2D eigenvalue weighted by Gasteiger charge is 2.29. The molecule has 0 bridgehead atoms. The van der Waals surface area contributed by atoms with Crippen LogP contribution < -0.4 is 19.1 Å². The second-order valence-electron chi connectivity index (χ2n) is 5.60. The van der Waals surface area contributed by atoms with Gasteiger partial charge in [-0.05, 0) is 36.8 Å². The third-order valence-electron chi connectivity index (χ3n) is 4.17. The van der Waals surface area contributed by atoms with Crippen molar-refractivity contribution in [1.82, 2.24) is 0 Å². The van der Waals surface area contributed by atoms with Crippen molar-refractivity contribution in [2.75, 3.05) is 25.7 Å². The summed E-state index contributed by atoms with van der Waals surface area (Å²) >= 11 is 0. The summed E-state index contributed by atoms with van der Waals surface area (Å²) in [6.07, 6.45) is 0.827. The van der Waals surface area contributed by atoms with Gasteiger partial charge in [-0.3, -0.25) is 4.79 Å². The highest BCUT2D eigenvalue weighted by atomic mass is 16.5. The molecule has 0 radical (unpaired) electrons. The summed E-state index contributed by atoms with van der Waals surface area (Å²) in [5.74, 6) is 1.80. The van der Waals surface area contributed by atoms with E-state index in [9.17, 15) is 4.79 Å². The minimum absolute atomic E-state index is 0.0102. The molecule has 0 saturated carbocycles. The predicted molar refractivity (Wildman–Crippen MR) is 92.4 cm³/mol. The first-order valence-electron chi connectivity index (χ1n) is 7.97. The van der Waals surface area contributed by atoms with E-state index in [2.05, 4.69) is 6.92 Å². The van der Waals surface area contributed by atoms with Crippen molar-refractivity contribution < 1.29 is 19.0 Å². The van der Waals surface area contributed by atoms with Crippen LogP contribution in [0.25, 0.3) is 0 Å². The van der Waals surface area contributed by atoms with Gasteiger partial charge in [0.15, 0.2) is 11.5 Å². The molecule has 2 aromatic carbocycles. The molecule has 0 aliphatic carbocycles. The van der Waals surface area contributed by atoms with Crippen molar-refractivity contribution >= 4 is 11.6 Å². The van der Waals surface area contributed by atoms with Crippen LogP contribution in [0.4, 0.5) is 5.69 Å². The Hall–Kier alpha value is -2.69. The van der Waals surface area contributed by atoms with Crippen LogP contribution in [0.2, 0.25) is 0 Å². The largest absolute Gasteiger partial charge is 0.493 e. The molecule has 1 aliphatic heterocycles. The van der Waals surface area contributed by atoms with Gasteiger partial charge in [-0.2, -0.15) is 0 Å². The average molecular weight is 327 g/mol. The molecule has 1 atom stereocenters. The van der Waals surface area contributed by atoms with Crippen molar-refractivity contribution in [2.45, 2.75) is 19.4 Å².